The van der Waals surface area contributed by atoms with Gasteiger partial charge in [0.25, 0.3) is 0 Å². The average Bonchev–Trinajstić information content (AvgIpc) is 2.82. The summed E-state index contributed by atoms with van der Waals surface area (Å²) in [5.41, 5.74) is 2.22. The third-order valence-corrected chi connectivity index (χ3v) is 2.91. The first-order valence-corrected chi connectivity index (χ1v) is 6.45. The first-order chi connectivity index (χ1) is 9.54. The van der Waals surface area contributed by atoms with Gasteiger partial charge in [0.05, 0.1) is 17.6 Å². The summed E-state index contributed by atoms with van der Waals surface area (Å²) in [6.45, 7) is 1.82. The molecular formula is C14H16FN3O2. The highest BCUT2D eigenvalue weighted by atomic mass is 19.1. The SMILES string of the molecule is Cc1cc(F)cc(-n2cc(CCCCC(=O)O)nn2)c1. The largest absolute Gasteiger partial charge is 0.481 e. The molecule has 0 bridgehead atoms. The summed E-state index contributed by atoms with van der Waals surface area (Å²) < 4.78 is 14.9. The Hall–Kier alpha value is -2.24. The van der Waals surface area contributed by atoms with Crippen LogP contribution in [0, 0.1) is 12.7 Å². The maximum Gasteiger partial charge on any atom is 0.303 e. The van der Waals surface area contributed by atoms with Crippen LogP contribution in [0.15, 0.2) is 24.4 Å². The second-order valence-corrected chi connectivity index (χ2v) is 4.74. The van der Waals surface area contributed by atoms with Crippen LogP contribution in [0.3, 0.4) is 0 Å². The van der Waals surface area contributed by atoms with Crippen LogP contribution in [0.4, 0.5) is 4.39 Å². The van der Waals surface area contributed by atoms with Gasteiger partial charge in [-0.05, 0) is 49.9 Å². The van der Waals surface area contributed by atoms with Gasteiger partial charge >= 0.3 is 5.97 Å². The lowest BCUT2D eigenvalue weighted by Crippen LogP contribution is -1.96. The fraction of sp³-hybridized carbons (Fsp3) is 0.357. The van der Waals surface area contributed by atoms with Gasteiger partial charge in [-0.2, -0.15) is 0 Å². The zero-order valence-electron chi connectivity index (χ0n) is 11.2. The molecule has 1 aromatic heterocycles. The van der Waals surface area contributed by atoms with Crippen molar-refractivity contribution in [1.82, 2.24) is 15.0 Å². The molecule has 0 saturated carbocycles. The minimum Gasteiger partial charge on any atom is -0.481 e. The number of benzene rings is 1. The van der Waals surface area contributed by atoms with E-state index in [1.165, 1.54) is 16.8 Å². The summed E-state index contributed by atoms with van der Waals surface area (Å²) in [6.07, 6.45) is 3.93. The number of carboxylic acids is 1. The van der Waals surface area contributed by atoms with Crippen molar-refractivity contribution < 1.29 is 14.3 Å². The first kappa shape index (κ1) is 14.2. The molecule has 0 aliphatic carbocycles. The van der Waals surface area contributed by atoms with Crippen molar-refractivity contribution in [2.24, 2.45) is 0 Å². The average molecular weight is 277 g/mol. The van der Waals surface area contributed by atoms with Crippen LogP contribution in [0.1, 0.15) is 30.5 Å². The Bertz CT molecular complexity index is 590. The molecule has 6 heteroatoms. The molecule has 0 unspecified atom stereocenters. The molecule has 0 aliphatic heterocycles. The summed E-state index contributed by atoms with van der Waals surface area (Å²) in [6, 6.07) is 4.68. The Kier molecular flexibility index (Phi) is 4.45. The quantitative estimate of drug-likeness (QED) is 0.824. The molecule has 0 radical (unpaired) electrons. The number of rotatable bonds is 6. The molecule has 2 rings (SSSR count). The summed E-state index contributed by atoms with van der Waals surface area (Å²) in [5, 5.41) is 16.5. The number of aromatic nitrogens is 3. The van der Waals surface area contributed by atoms with Gasteiger partial charge in [0, 0.05) is 6.42 Å². The normalized spacial score (nSPS) is 10.7. The standard InChI is InChI=1S/C14H16FN3O2/c1-10-6-11(15)8-13(7-10)18-9-12(16-17-18)4-2-3-5-14(19)20/h6-9H,2-5H2,1H3,(H,19,20). The van der Waals surface area contributed by atoms with E-state index in [0.29, 0.717) is 18.5 Å². The van der Waals surface area contributed by atoms with Gasteiger partial charge in [-0.25, -0.2) is 9.07 Å². The number of unbranched alkanes of at least 4 members (excludes halogenated alkanes) is 1. The summed E-state index contributed by atoms with van der Waals surface area (Å²) in [5.74, 6) is -1.10. The van der Waals surface area contributed by atoms with Crippen LogP contribution in [0.2, 0.25) is 0 Å². The molecule has 2 aromatic rings. The fourth-order valence-corrected chi connectivity index (χ4v) is 1.97. The Morgan fingerprint density at radius 3 is 2.85 bits per heavy atom. The van der Waals surface area contributed by atoms with E-state index in [2.05, 4.69) is 10.3 Å². The molecule has 1 N–H and O–H groups in total. The van der Waals surface area contributed by atoms with Gasteiger partial charge in [0.1, 0.15) is 5.82 Å². The predicted molar refractivity (Wildman–Crippen MR) is 71.2 cm³/mol. The molecule has 20 heavy (non-hydrogen) atoms. The topological polar surface area (TPSA) is 68.0 Å². The summed E-state index contributed by atoms with van der Waals surface area (Å²) in [4.78, 5) is 10.4. The van der Waals surface area contributed by atoms with Crippen LogP contribution >= 0.6 is 0 Å². The van der Waals surface area contributed by atoms with E-state index >= 15 is 0 Å². The van der Waals surface area contributed by atoms with Gasteiger partial charge in [0.2, 0.25) is 0 Å². The van der Waals surface area contributed by atoms with Gasteiger partial charge in [-0.3, -0.25) is 4.79 Å². The van der Waals surface area contributed by atoms with Gasteiger partial charge in [0.15, 0.2) is 0 Å². The number of hydrogen-bond donors (Lipinski definition) is 1. The molecule has 0 fully saturated rings. The van der Waals surface area contributed by atoms with Crippen LogP contribution in [0.25, 0.3) is 5.69 Å². The van der Waals surface area contributed by atoms with Crippen LogP contribution in [-0.4, -0.2) is 26.1 Å². The van der Waals surface area contributed by atoms with Gasteiger partial charge in [-0.15, -0.1) is 5.10 Å². The monoisotopic (exact) mass is 277 g/mol. The number of carbonyl (C=O) groups is 1. The van der Waals surface area contributed by atoms with Crippen molar-refractivity contribution in [3.63, 3.8) is 0 Å². The lowest BCUT2D eigenvalue weighted by atomic mass is 10.1. The van der Waals surface area contributed by atoms with Crippen molar-refractivity contribution in [2.45, 2.75) is 32.6 Å². The second kappa shape index (κ2) is 6.27. The predicted octanol–water partition coefficient (Wildman–Crippen LogP) is 2.51. The number of hydrogen-bond acceptors (Lipinski definition) is 3. The molecular weight excluding hydrogens is 261 g/mol. The fourth-order valence-electron chi connectivity index (χ4n) is 1.97. The zero-order valence-corrected chi connectivity index (χ0v) is 11.2. The Labute approximate surface area is 116 Å². The minimum absolute atomic E-state index is 0.164. The molecule has 106 valence electrons. The third kappa shape index (κ3) is 3.88. The number of aryl methyl sites for hydroxylation is 2. The number of halogens is 1. The summed E-state index contributed by atoms with van der Waals surface area (Å²) >= 11 is 0. The smallest absolute Gasteiger partial charge is 0.303 e. The van der Waals surface area contributed by atoms with Crippen LogP contribution < -0.4 is 0 Å². The van der Waals surface area contributed by atoms with Crippen molar-refractivity contribution in [1.29, 1.82) is 0 Å². The van der Waals surface area contributed by atoms with E-state index in [1.807, 2.05) is 13.0 Å². The zero-order chi connectivity index (χ0) is 14.5. The van der Waals surface area contributed by atoms with Crippen molar-refractivity contribution in [3.8, 4) is 5.69 Å². The first-order valence-electron chi connectivity index (χ1n) is 6.45. The van der Waals surface area contributed by atoms with Crippen molar-refractivity contribution in [2.75, 3.05) is 0 Å². The van der Waals surface area contributed by atoms with Gasteiger partial charge < -0.3 is 5.11 Å². The Balaban J connectivity index is 1.99. The molecule has 0 atom stereocenters. The minimum atomic E-state index is -0.788. The highest BCUT2D eigenvalue weighted by molar-refractivity contribution is 5.66. The number of aliphatic carboxylic acids is 1. The van der Waals surface area contributed by atoms with E-state index in [9.17, 15) is 9.18 Å². The molecule has 0 amide bonds. The van der Waals surface area contributed by atoms with E-state index < -0.39 is 5.97 Å². The van der Waals surface area contributed by atoms with Crippen molar-refractivity contribution >= 4 is 5.97 Å². The second-order valence-electron chi connectivity index (χ2n) is 4.74. The maximum atomic E-state index is 13.3. The molecule has 0 aliphatic rings. The summed E-state index contributed by atoms with van der Waals surface area (Å²) in [7, 11) is 0. The Morgan fingerprint density at radius 1 is 1.35 bits per heavy atom. The van der Waals surface area contributed by atoms with E-state index in [-0.39, 0.29) is 12.2 Å². The van der Waals surface area contributed by atoms with E-state index in [1.54, 1.807) is 6.20 Å². The molecule has 5 nitrogen and oxygen atoms in total. The molecule has 0 saturated heterocycles. The maximum absolute atomic E-state index is 13.3. The van der Waals surface area contributed by atoms with Crippen LogP contribution in [0.5, 0.6) is 0 Å². The van der Waals surface area contributed by atoms with Crippen molar-refractivity contribution in [3.05, 3.63) is 41.5 Å². The molecule has 1 aromatic carbocycles. The number of nitrogens with zero attached hydrogens (tertiary/aromatic N) is 3. The van der Waals surface area contributed by atoms with Gasteiger partial charge in [-0.1, -0.05) is 5.21 Å². The third-order valence-electron chi connectivity index (χ3n) is 2.91. The van der Waals surface area contributed by atoms with Crippen LogP contribution in [-0.2, 0) is 11.2 Å². The highest BCUT2D eigenvalue weighted by Crippen LogP contribution is 2.13. The molecule has 0 spiro atoms. The number of carboxylic acid groups (broad SMARTS) is 1. The van der Waals surface area contributed by atoms with E-state index in [0.717, 1.165) is 17.7 Å². The molecule has 1 heterocycles. The lowest BCUT2D eigenvalue weighted by Gasteiger charge is -2.01. The van der Waals surface area contributed by atoms with E-state index in [4.69, 9.17) is 5.11 Å². The Morgan fingerprint density at radius 2 is 2.15 bits per heavy atom. The highest BCUT2D eigenvalue weighted by Gasteiger charge is 2.05. The lowest BCUT2D eigenvalue weighted by molar-refractivity contribution is -0.137.